The number of nitrogens with zero attached hydrogens (tertiary/aromatic N) is 2. The Labute approximate surface area is 193 Å². The molecule has 0 bridgehead atoms. The Morgan fingerprint density at radius 1 is 1.12 bits per heavy atom. The maximum atomic E-state index is 13.1. The van der Waals surface area contributed by atoms with Gasteiger partial charge in [-0.25, -0.2) is 17.8 Å². The van der Waals surface area contributed by atoms with Crippen LogP contribution in [-0.4, -0.2) is 31.4 Å². The van der Waals surface area contributed by atoms with Gasteiger partial charge < -0.3 is 0 Å². The number of rotatable bonds is 6. The van der Waals surface area contributed by atoms with Crippen LogP contribution in [-0.2, 0) is 34.8 Å². The highest BCUT2D eigenvalue weighted by Crippen LogP contribution is 2.27. The molecule has 0 saturated carbocycles. The monoisotopic (exact) mass is 473 g/mol. The molecule has 0 atom stereocenters. The quantitative estimate of drug-likeness (QED) is 0.548. The molecule has 1 N–H and O–H groups in total. The third kappa shape index (κ3) is 5.36. The summed E-state index contributed by atoms with van der Waals surface area (Å²) in [5.74, 6) is -0.407. The average molecular weight is 474 g/mol. The van der Waals surface area contributed by atoms with E-state index >= 15 is 0 Å². The van der Waals surface area contributed by atoms with E-state index in [9.17, 15) is 12.8 Å². The highest BCUT2D eigenvalue weighted by Gasteiger charge is 2.22. The number of fused-ring (bicyclic) bond motifs is 1. The van der Waals surface area contributed by atoms with E-state index in [2.05, 4.69) is 35.8 Å². The number of hydrogen-bond donors (Lipinski definition) is 1. The first-order valence-corrected chi connectivity index (χ1v) is 13.0. The van der Waals surface area contributed by atoms with Crippen molar-refractivity contribution in [3.8, 4) is 0 Å². The van der Waals surface area contributed by atoms with E-state index in [4.69, 9.17) is 4.98 Å². The maximum absolute atomic E-state index is 13.1. The van der Waals surface area contributed by atoms with Crippen LogP contribution in [0.2, 0.25) is 0 Å². The molecule has 3 aromatic rings. The number of thiazole rings is 1. The van der Waals surface area contributed by atoms with E-state index in [1.807, 2.05) is 6.07 Å². The molecule has 0 unspecified atom stereocenters. The minimum absolute atomic E-state index is 0.0799. The molecule has 0 saturated heterocycles. The summed E-state index contributed by atoms with van der Waals surface area (Å²) in [6.07, 6.45) is 1.72. The zero-order valence-corrected chi connectivity index (χ0v) is 20.2. The normalized spacial score (nSPS) is 14.9. The summed E-state index contributed by atoms with van der Waals surface area (Å²) in [4.78, 5) is 7.41. The van der Waals surface area contributed by atoms with Gasteiger partial charge in [0, 0.05) is 42.5 Å². The topological polar surface area (TPSA) is 62.3 Å². The Morgan fingerprint density at radius 2 is 1.88 bits per heavy atom. The Kier molecular flexibility index (Phi) is 6.38. The van der Waals surface area contributed by atoms with Gasteiger partial charge in [0.15, 0.2) is 0 Å². The largest absolute Gasteiger partial charge is 0.298 e. The molecule has 2 heterocycles. The van der Waals surface area contributed by atoms with Crippen LogP contribution in [0.3, 0.4) is 0 Å². The lowest BCUT2D eigenvalue weighted by molar-refractivity contribution is 0.256. The standard InChI is InChI=1S/C24H28FN3O2S2/c1-24(2,3)23-26-21(16-31-23)11-13-28-12-10-17-14-22(9-4-18(17)15-28)32(29,30)27-20-7-5-19(25)6-8-20/h4-9,14,16,27H,10-13,15H2,1-3H3. The molecule has 5 nitrogen and oxygen atoms in total. The lowest BCUT2D eigenvalue weighted by Gasteiger charge is -2.29. The van der Waals surface area contributed by atoms with Crippen molar-refractivity contribution in [3.05, 3.63) is 75.5 Å². The first kappa shape index (κ1) is 22.9. The summed E-state index contributed by atoms with van der Waals surface area (Å²) in [5.41, 5.74) is 3.78. The Hall–Kier alpha value is -2.29. The molecule has 8 heteroatoms. The van der Waals surface area contributed by atoms with Gasteiger partial charge in [-0.05, 0) is 53.9 Å². The first-order valence-electron chi connectivity index (χ1n) is 10.7. The molecule has 170 valence electrons. The van der Waals surface area contributed by atoms with E-state index < -0.39 is 15.8 Å². The second kappa shape index (κ2) is 8.92. The lowest BCUT2D eigenvalue weighted by Crippen LogP contribution is -2.32. The predicted molar refractivity (Wildman–Crippen MR) is 127 cm³/mol. The van der Waals surface area contributed by atoms with Gasteiger partial charge in [0.25, 0.3) is 10.0 Å². The number of anilines is 1. The van der Waals surface area contributed by atoms with E-state index in [0.29, 0.717) is 5.69 Å². The van der Waals surface area contributed by atoms with Gasteiger partial charge in [0.2, 0.25) is 0 Å². The van der Waals surface area contributed by atoms with Crippen molar-refractivity contribution in [2.24, 2.45) is 0 Å². The van der Waals surface area contributed by atoms with Crippen LogP contribution in [0.25, 0.3) is 0 Å². The highest BCUT2D eigenvalue weighted by atomic mass is 32.2. The summed E-state index contributed by atoms with van der Waals surface area (Å²) in [7, 11) is -3.72. The van der Waals surface area contributed by atoms with E-state index in [1.54, 1.807) is 23.5 Å². The van der Waals surface area contributed by atoms with Crippen LogP contribution in [0.1, 0.15) is 42.6 Å². The third-order valence-electron chi connectivity index (χ3n) is 5.55. The molecule has 2 aromatic carbocycles. The summed E-state index contributed by atoms with van der Waals surface area (Å²) in [6, 6.07) is 10.6. The molecule has 32 heavy (non-hydrogen) atoms. The predicted octanol–water partition coefficient (Wildman–Crippen LogP) is 4.98. The molecular formula is C24H28FN3O2S2. The molecule has 0 aliphatic carbocycles. The van der Waals surface area contributed by atoms with Crippen LogP contribution in [0.15, 0.2) is 52.7 Å². The number of benzene rings is 2. The van der Waals surface area contributed by atoms with Crippen molar-refractivity contribution < 1.29 is 12.8 Å². The van der Waals surface area contributed by atoms with Crippen LogP contribution < -0.4 is 4.72 Å². The number of aromatic nitrogens is 1. The van der Waals surface area contributed by atoms with Crippen molar-refractivity contribution in [3.63, 3.8) is 0 Å². The fraction of sp³-hybridized carbons (Fsp3) is 0.375. The number of halogens is 1. The van der Waals surface area contributed by atoms with Crippen LogP contribution in [0.4, 0.5) is 10.1 Å². The number of sulfonamides is 1. The summed E-state index contributed by atoms with van der Waals surface area (Å²) in [5, 5.41) is 3.32. The zero-order valence-electron chi connectivity index (χ0n) is 18.6. The van der Waals surface area contributed by atoms with Gasteiger partial charge in [-0.15, -0.1) is 11.3 Å². The molecule has 1 aliphatic rings. The smallest absolute Gasteiger partial charge is 0.261 e. The molecule has 1 aliphatic heterocycles. The first-order chi connectivity index (χ1) is 15.1. The summed E-state index contributed by atoms with van der Waals surface area (Å²) >= 11 is 1.73. The SMILES string of the molecule is CC(C)(C)c1nc(CCN2CCc3cc(S(=O)(=O)Nc4ccc(F)cc4)ccc3C2)cs1. The second-order valence-electron chi connectivity index (χ2n) is 9.21. The zero-order chi connectivity index (χ0) is 22.9. The summed E-state index contributed by atoms with van der Waals surface area (Å²) < 4.78 is 41.1. The van der Waals surface area contributed by atoms with Gasteiger partial charge in [0.05, 0.1) is 15.6 Å². The summed E-state index contributed by atoms with van der Waals surface area (Å²) in [6.45, 7) is 9.16. The van der Waals surface area contributed by atoms with Gasteiger partial charge in [-0.2, -0.15) is 0 Å². The minimum atomic E-state index is -3.72. The average Bonchev–Trinajstić information content (AvgIpc) is 3.23. The molecule has 0 spiro atoms. The van der Waals surface area contributed by atoms with E-state index in [0.717, 1.165) is 49.3 Å². The Bertz CT molecular complexity index is 1200. The van der Waals surface area contributed by atoms with Gasteiger partial charge in [0.1, 0.15) is 5.82 Å². The Balaban J connectivity index is 1.39. The number of hydrogen-bond acceptors (Lipinski definition) is 5. The van der Waals surface area contributed by atoms with Gasteiger partial charge >= 0.3 is 0 Å². The van der Waals surface area contributed by atoms with Crippen molar-refractivity contribution >= 4 is 27.0 Å². The molecule has 0 fully saturated rings. The van der Waals surface area contributed by atoms with Crippen LogP contribution in [0.5, 0.6) is 0 Å². The molecule has 1 aromatic heterocycles. The number of nitrogens with one attached hydrogen (secondary N) is 1. The lowest BCUT2D eigenvalue weighted by atomic mass is 9.98. The fourth-order valence-electron chi connectivity index (χ4n) is 3.72. The Morgan fingerprint density at radius 3 is 2.56 bits per heavy atom. The van der Waals surface area contributed by atoms with Gasteiger partial charge in [-0.3, -0.25) is 9.62 Å². The molecule has 0 amide bonds. The van der Waals surface area contributed by atoms with Crippen LogP contribution >= 0.6 is 11.3 Å². The van der Waals surface area contributed by atoms with Crippen LogP contribution in [0, 0.1) is 5.82 Å². The van der Waals surface area contributed by atoms with Crippen molar-refractivity contribution in [1.29, 1.82) is 0 Å². The molecule has 0 radical (unpaired) electrons. The molecule has 4 rings (SSSR count). The molecular weight excluding hydrogens is 445 g/mol. The maximum Gasteiger partial charge on any atom is 0.261 e. The minimum Gasteiger partial charge on any atom is -0.298 e. The van der Waals surface area contributed by atoms with Gasteiger partial charge in [-0.1, -0.05) is 26.8 Å². The van der Waals surface area contributed by atoms with Crippen molar-refractivity contribution in [2.45, 2.75) is 50.5 Å². The fourth-order valence-corrected chi connectivity index (χ4v) is 5.77. The second-order valence-corrected chi connectivity index (χ2v) is 11.8. The third-order valence-corrected chi connectivity index (χ3v) is 8.25. The van der Waals surface area contributed by atoms with Crippen molar-refractivity contribution in [2.75, 3.05) is 17.8 Å². The van der Waals surface area contributed by atoms with E-state index in [1.165, 1.54) is 29.3 Å². The highest BCUT2D eigenvalue weighted by molar-refractivity contribution is 7.92. The van der Waals surface area contributed by atoms with Crippen molar-refractivity contribution in [1.82, 2.24) is 9.88 Å². The van der Waals surface area contributed by atoms with E-state index in [-0.39, 0.29) is 10.3 Å².